The summed E-state index contributed by atoms with van der Waals surface area (Å²) in [5.74, 6) is 0.622. The zero-order valence-corrected chi connectivity index (χ0v) is 14.3. The molecule has 1 aromatic carbocycles. The molecule has 0 aromatic heterocycles. The van der Waals surface area contributed by atoms with E-state index in [1.54, 1.807) is 0 Å². The van der Waals surface area contributed by atoms with Crippen molar-refractivity contribution in [2.24, 2.45) is 5.41 Å². The van der Waals surface area contributed by atoms with Gasteiger partial charge in [0.25, 0.3) is 0 Å². The minimum Gasteiger partial charge on any atom is -0.312 e. The van der Waals surface area contributed by atoms with Gasteiger partial charge in [-0.15, -0.1) is 0 Å². The molecule has 1 heterocycles. The molecule has 1 aliphatic heterocycles. The second kappa shape index (κ2) is 6.67. The summed E-state index contributed by atoms with van der Waals surface area (Å²) in [6.45, 7) is 5.19. The predicted octanol–water partition coefficient (Wildman–Crippen LogP) is 3.08. The summed E-state index contributed by atoms with van der Waals surface area (Å²) >= 11 is 6.02. The minimum atomic E-state index is -2.84. The van der Waals surface area contributed by atoms with Crippen molar-refractivity contribution in [3.63, 3.8) is 0 Å². The van der Waals surface area contributed by atoms with Gasteiger partial charge in [-0.1, -0.05) is 37.6 Å². The molecule has 0 unspecified atom stereocenters. The standard InChI is InChI=1S/C16H24ClNO2S/c1-16(2,10-13-5-3-6-14(17)9-13)12-18-15-7-4-8-21(19,20)11-15/h3,5-6,9,15,18H,4,7-8,10-12H2,1-2H3/t15-/m1/s1. The van der Waals surface area contributed by atoms with Crippen molar-refractivity contribution in [3.8, 4) is 0 Å². The molecule has 1 fully saturated rings. The number of sulfone groups is 1. The lowest BCUT2D eigenvalue weighted by molar-refractivity contribution is 0.314. The quantitative estimate of drug-likeness (QED) is 0.903. The van der Waals surface area contributed by atoms with Gasteiger partial charge in [0.1, 0.15) is 0 Å². The topological polar surface area (TPSA) is 46.2 Å². The Balaban J connectivity index is 1.89. The normalized spacial score (nSPS) is 22.1. The molecule has 0 spiro atoms. The Bertz CT molecular complexity index is 584. The fourth-order valence-electron chi connectivity index (χ4n) is 2.87. The number of hydrogen-bond acceptors (Lipinski definition) is 3. The number of halogens is 1. The molecule has 1 N–H and O–H groups in total. The molecular formula is C16H24ClNO2S. The second-order valence-corrected chi connectivity index (χ2v) is 9.47. The highest BCUT2D eigenvalue weighted by Crippen LogP contribution is 2.23. The lowest BCUT2D eigenvalue weighted by Gasteiger charge is -2.30. The fourth-order valence-corrected chi connectivity index (χ4v) is 4.75. The van der Waals surface area contributed by atoms with Gasteiger partial charge in [-0.05, 0) is 42.4 Å². The molecule has 2 rings (SSSR count). The van der Waals surface area contributed by atoms with Crippen LogP contribution in [-0.2, 0) is 16.3 Å². The highest BCUT2D eigenvalue weighted by molar-refractivity contribution is 7.91. The largest absolute Gasteiger partial charge is 0.312 e. The predicted molar refractivity (Wildman–Crippen MR) is 88.6 cm³/mol. The van der Waals surface area contributed by atoms with Crippen LogP contribution in [0.4, 0.5) is 0 Å². The van der Waals surface area contributed by atoms with Crippen molar-refractivity contribution in [2.75, 3.05) is 18.1 Å². The molecule has 1 saturated heterocycles. The van der Waals surface area contributed by atoms with Crippen molar-refractivity contribution in [1.29, 1.82) is 0 Å². The molecule has 3 nitrogen and oxygen atoms in total. The maximum absolute atomic E-state index is 11.7. The first-order valence-electron chi connectivity index (χ1n) is 7.44. The minimum absolute atomic E-state index is 0.0614. The van der Waals surface area contributed by atoms with Gasteiger partial charge < -0.3 is 5.32 Å². The third-order valence-corrected chi connectivity index (χ3v) is 5.96. The summed E-state index contributed by atoms with van der Waals surface area (Å²) in [6, 6.07) is 8.02. The lowest BCUT2D eigenvalue weighted by Crippen LogP contribution is -2.44. The van der Waals surface area contributed by atoms with E-state index in [0.717, 1.165) is 30.8 Å². The van der Waals surface area contributed by atoms with Crippen molar-refractivity contribution in [3.05, 3.63) is 34.9 Å². The molecular weight excluding hydrogens is 306 g/mol. The summed E-state index contributed by atoms with van der Waals surface area (Å²) in [4.78, 5) is 0. The maximum Gasteiger partial charge on any atom is 0.151 e. The van der Waals surface area contributed by atoms with Gasteiger partial charge >= 0.3 is 0 Å². The summed E-state index contributed by atoms with van der Waals surface area (Å²) in [7, 11) is -2.84. The van der Waals surface area contributed by atoms with Crippen LogP contribution in [0, 0.1) is 5.41 Å². The SMILES string of the molecule is CC(C)(CN[C@@H]1CCCS(=O)(=O)C1)Cc1cccc(Cl)c1. The molecule has 21 heavy (non-hydrogen) atoms. The fraction of sp³-hybridized carbons (Fsp3) is 0.625. The lowest BCUT2D eigenvalue weighted by atomic mass is 9.85. The van der Waals surface area contributed by atoms with E-state index in [0.29, 0.717) is 5.75 Å². The number of nitrogens with one attached hydrogen (secondary N) is 1. The van der Waals surface area contributed by atoms with Crippen molar-refractivity contribution < 1.29 is 8.42 Å². The summed E-state index contributed by atoms with van der Waals surface area (Å²) in [5.41, 5.74) is 1.27. The van der Waals surface area contributed by atoms with Gasteiger partial charge in [-0.25, -0.2) is 8.42 Å². The summed E-state index contributed by atoms with van der Waals surface area (Å²) < 4.78 is 23.3. The number of rotatable bonds is 5. The van der Waals surface area contributed by atoms with Crippen LogP contribution in [0.1, 0.15) is 32.3 Å². The Morgan fingerprint density at radius 1 is 1.38 bits per heavy atom. The summed E-state index contributed by atoms with van der Waals surface area (Å²) in [6.07, 6.45) is 2.64. The third kappa shape index (κ3) is 5.61. The van der Waals surface area contributed by atoms with Crippen LogP contribution >= 0.6 is 11.6 Å². The van der Waals surface area contributed by atoms with E-state index in [4.69, 9.17) is 11.6 Å². The Morgan fingerprint density at radius 2 is 2.14 bits per heavy atom. The molecule has 0 saturated carbocycles. The first-order chi connectivity index (χ1) is 9.76. The van der Waals surface area contributed by atoms with Crippen LogP contribution in [0.25, 0.3) is 0 Å². The van der Waals surface area contributed by atoms with Crippen LogP contribution in [0.2, 0.25) is 5.02 Å². The molecule has 0 amide bonds. The van der Waals surface area contributed by atoms with Gasteiger partial charge in [-0.3, -0.25) is 0 Å². The number of benzene rings is 1. The van der Waals surface area contributed by atoms with E-state index in [9.17, 15) is 8.42 Å². The first kappa shape index (κ1) is 16.8. The van der Waals surface area contributed by atoms with Gasteiger partial charge in [0.15, 0.2) is 9.84 Å². The van der Waals surface area contributed by atoms with E-state index in [2.05, 4.69) is 25.2 Å². The zero-order chi connectivity index (χ0) is 15.5. The molecule has 0 aliphatic carbocycles. The first-order valence-corrected chi connectivity index (χ1v) is 9.64. The van der Waals surface area contributed by atoms with Crippen LogP contribution in [0.5, 0.6) is 0 Å². The van der Waals surface area contributed by atoms with E-state index in [1.807, 2.05) is 18.2 Å². The smallest absolute Gasteiger partial charge is 0.151 e. The molecule has 118 valence electrons. The van der Waals surface area contributed by atoms with Gasteiger partial charge in [0.2, 0.25) is 0 Å². The highest BCUT2D eigenvalue weighted by atomic mass is 35.5. The van der Waals surface area contributed by atoms with Gasteiger partial charge in [0.05, 0.1) is 11.5 Å². The van der Waals surface area contributed by atoms with Gasteiger partial charge in [-0.2, -0.15) is 0 Å². The van der Waals surface area contributed by atoms with E-state index in [-0.39, 0.29) is 17.2 Å². The molecule has 0 radical (unpaired) electrons. The third-order valence-electron chi connectivity index (χ3n) is 3.90. The Labute approximate surface area is 133 Å². The molecule has 1 atom stereocenters. The van der Waals surface area contributed by atoms with Crippen LogP contribution in [0.15, 0.2) is 24.3 Å². The molecule has 1 aliphatic rings. The maximum atomic E-state index is 11.7. The van der Waals surface area contributed by atoms with Crippen LogP contribution in [-0.4, -0.2) is 32.5 Å². The highest BCUT2D eigenvalue weighted by Gasteiger charge is 2.26. The van der Waals surface area contributed by atoms with Crippen molar-refractivity contribution in [1.82, 2.24) is 5.32 Å². The summed E-state index contributed by atoms with van der Waals surface area (Å²) in [5, 5.41) is 4.20. The monoisotopic (exact) mass is 329 g/mol. The van der Waals surface area contributed by atoms with Crippen LogP contribution < -0.4 is 5.32 Å². The average Bonchev–Trinajstić information content (AvgIpc) is 2.35. The molecule has 0 bridgehead atoms. The molecule has 1 aromatic rings. The zero-order valence-electron chi connectivity index (χ0n) is 12.7. The average molecular weight is 330 g/mol. The Kier molecular flexibility index (Phi) is 5.33. The number of hydrogen-bond donors (Lipinski definition) is 1. The van der Waals surface area contributed by atoms with E-state index < -0.39 is 9.84 Å². The molecule has 5 heteroatoms. The van der Waals surface area contributed by atoms with Crippen molar-refractivity contribution in [2.45, 2.75) is 39.2 Å². The van der Waals surface area contributed by atoms with Crippen LogP contribution in [0.3, 0.4) is 0 Å². The Morgan fingerprint density at radius 3 is 2.81 bits per heavy atom. The van der Waals surface area contributed by atoms with E-state index >= 15 is 0 Å². The van der Waals surface area contributed by atoms with Crippen molar-refractivity contribution >= 4 is 21.4 Å². The van der Waals surface area contributed by atoms with E-state index in [1.165, 1.54) is 5.56 Å². The Hall–Kier alpha value is -0.580. The second-order valence-electron chi connectivity index (χ2n) is 6.81. The van der Waals surface area contributed by atoms with Gasteiger partial charge in [0, 0.05) is 17.6 Å².